The molecule has 1 aromatic carbocycles. The van der Waals surface area contributed by atoms with Crippen LogP contribution in [0.1, 0.15) is 22.6 Å². The summed E-state index contributed by atoms with van der Waals surface area (Å²) in [4.78, 5) is 16.7. The Kier molecular flexibility index (Phi) is 3.74. The zero-order valence-corrected chi connectivity index (χ0v) is 13.0. The van der Waals surface area contributed by atoms with Gasteiger partial charge in [-0.2, -0.15) is 0 Å². The van der Waals surface area contributed by atoms with E-state index in [0.29, 0.717) is 12.1 Å². The minimum atomic E-state index is -3.24. The van der Waals surface area contributed by atoms with E-state index in [1.165, 1.54) is 24.3 Å². The standard InChI is InChI=1S/C15H17N3O3S/c1-22(20,21)13-5-2-11(3-6-13)15(19)17-12-4-7-14-16-8-9-18(14)10-12/h2-3,5-6,8-9,12H,4,7,10H2,1H3,(H,17,19)/t12-/m0/s1. The lowest BCUT2D eigenvalue weighted by molar-refractivity contribution is 0.0927. The highest BCUT2D eigenvalue weighted by Gasteiger charge is 2.21. The first-order chi connectivity index (χ1) is 10.4. The average Bonchev–Trinajstić information content (AvgIpc) is 2.94. The topological polar surface area (TPSA) is 81.1 Å². The van der Waals surface area contributed by atoms with E-state index >= 15 is 0 Å². The van der Waals surface area contributed by atoms with Crippen LogP contribution in [0.25, 0.3) is 0 Å². The number of rotatable bonds is 3. The van der Waals surface area contributed by atoms with Crippen LogP contribution in [0.4, 0.5) is 0 Å². The van der Waals surface area contributed by atoms with Gasteiger partial charge >= 0.3 is 0 Å². The van der Waals surface area contributed by atoms with E-state index in [1.807, 2.05) is 10.8 Å². The van der Waals surface area contributed by atoms with E-state index in [1.54, 1.807) is 6.20 Å². The van der Waals surface area contributed by atoms with Crippen LogP contribution < -0.4 is 5.32 Å². The molecule has 0 saturated heterocycles. The highest BCUT2D eigenvalue weighted by molar-refractivity contribution is 7.90. The summed E-state index contributed by atoms with van der Waals surface area (Å²) in [5.41, 5.74) is 0.462. The van der Waals surface area contributed by atoms with Crippen molar-refractivity contribution in [3.63, 3.8) is 0 Å². The number of nitrogens with zero attached hydrogens (tertiary/aromatic N) is 2. The summed E-state index contributed by atoms with van der Waals surface area (Å²) in [7, 11) is -3.24. The van der Waals surface area contributed by atoms with Crippen molar-refractivity contribution in [2.24, 2.45) is 0 Å². The summed E-state index contributed by atoms with van der Waals surface area (Å²) in [6.07, 6.45) is 6.51. The number of fused-ring (bicyclic) bond motifs is 1. The third kappa shape index (κ3) is 3.04. The molecule has 0 aliphatic carbocycles. The highest BCUT2D eigenvalue weighted by Crippen LogP contribution is 2.14. The second-order valence-corrected chi connectivity index (χ2v) is 7.52. The molecular weight excluding hydrogens is 302 g/mol. The number of nitrogens with one attached hydrogen (secondary N) is 1. The second kappa shape index (κ2) is 5.57. The summed E-state index contributed by atoms with van der Waals surface area (Å²) < 4.78 is 24.9. The maximum atomic E-state index is 12.2. The average molecular weight is 319 g/mol. The highest BCUT2D eigenvalue weighted by atomic mass is 32.2. The molecule has 116 valence electrons. The minimum absolute atomic E-state index is 0.0591. The van der Waals surface area contributed by atoms with Gasteiger partial charge in [-0.1, -0.05) is 0 Å². The lowest BCUT2D eigenvalue weighted by Crippen LogP contribution is -2.40. The fourth-order valence-electron chi connectivity index (χ4n) is 2.61. The summed E-state index contributed by atoms with van der Waals surface area (Å²) in [5.74, 6) is 0.858. The largest absolute Gasteiger partial charge is 0.347 e. The zero-order valence-electron chi connectivity index (χ0n) is 12.2. The van der Waals surface area contributed by atoms with Crippen molar-refractivity contribution in [3.05, 3.63) is 48.0 Å². The molecule has 2 heterocycles. The van der Waals surface area contributed by atoms with Crippen molar-refractivity contribution in [3.8, 4) is 0 Å². The van der Waals surface area contributed by atoms with Gasteiger partial charge in [-0.3, -0.25) is 4.79 Å². The molecule has 0 spiro atoms. The predicted molar refractivity (Wildman–Crippen MR) is 81.4 cm³/mol. The summed E-state index contributed by atoms with van der Waals surface area (Å²) in [5, 5.41) is 2.99. The molecule has 1 aliphatic rings. The quantitative estimate of drug-likeness (QED) is 0.916. The Labute approximate surface area is 129 Å². The third-order valence-corrected chi connectivity index (χ3v) is 4.94. The second-order valence-electron chi connectivity index (χ2n) is 5.50. The summed E-state index contributed by atoms with van der Waals surface area (Å²) in [6.45, 7) is 0.711. The number of imidazole rings is 1. The van der Waals surface area contributed by atoms with Crippen LogP contribution in [0.5, 0.6) is 0 Å². The molecule has 1 atom stereocenters. The number of hydrogen-bond acceptors (Lipinski definition) is 4. The molecule has 6 nitrogen and oxygen atoms in total. The molecule has 1 amide bonds. The van der Waals surface area contributed by atoms with Crippen molar-refractivity contribution >= 4 is 15.7 Å². The number of sulfone groups is 1. The van der Waals surface area contributed by atoms with E-state index in [9.17, 15) is 13.2 Å². The maximum absolute atomic E-state index is 12.2. The maximum Gasteiger partial charge on any atom is 0.251 e. The number of carbonyl (C=O) groups excluding carboxylic acids is 1. The Morgan fingerprint density at radius 2 is 2.05 bits per heavy atom. The van der Waals surface area contributed by atoms with Crippen molar-refractivity contribution in [2.45, 2.75) is 30.3 Å². The van der Waals surface area contributed by atoms with Crippen LogP contribution in [-0.2, 0) is 22.8 Å². The van der Waals surface area contributed by atoms with Gasteiger partial charge in [0.05, 0.1) is 4.90 Å². The van der Waals surface area contributed by atoms with Crippen LogP contribution in [0.2, 0.25) is 0 Å². The van der Waals surface area contributed by atoms with E-state index in [2.05, 4.69) is 10.3 Å². The Balaban J connectivity index is 1.68. The predicted octanol–water partition coefficient (Wildman–Crippen LogP) is 1.03. The van der Waals surface area contributed by atoms with E-state index < -0.39 is 9.84 Å². The van der Waals surface area contributed by atoms with Crippen molar-refractivity contribution in [1.82, 2.24) is 14.9 Å². The Bertz CT molecular complexity index is 794. The smallest absolute Gasteiger partial charge is 0.251 e. The van der Waals surface area contributed by atoms with Gasteiger partial charge in [-0.25, -0.2) is 13.4 Å². The molecule has 0 saturated carbocycles. The van der Waals surface area contributed by atoms with E-state index in [4.69, 9.17) is 0 Å². The first-order valence-corrected chi connectivity index (χ1v) is 8.93. The molecule has 0 radical (unpaired) electrons. The van der Waals surface area contributed by atoms with E-state index in [-0.39, 0.29) is 16.8 Å². The third-order valence-electron chi connectivity index (χ3n) is 3.82. The number of carbonyl (C=O) groups is 1. The van der Waals surface area contributed by atoms with Crippen LogP contribution in [-0.4, -0.2) is 36.2 Å². The molecule has 0 bridgehead atoms. The monoisotopic (exact) mass is 319 g/mol. The Morgan fingerprint density at radius 1 is 1.32 bits per heavy atom. The van der Waals surface area contributed by atoms with Crippen molar-refractivity contribution in [2.75, 3.05) is 6.26 Å². The van der Waals surface area contributed by atoms with Gasteiger partial charge in [-0.15, -0.1) is 0 Å². The lowest BCUT2D eigenvalue weighted by Gasteiger charge is -2.24. The first-order valence-electron chi connectivity index (χ1n) is 7.04. The van der Waals surface area contributed by atoms with Gasteiger partial charge in [0.1, 0.15) is 5.82 Å². The Hall–Kier alpha value is -2.15. The number of aryl methyl sites for hydroxylation is 1. The molecule has 1 N–H and O–H groups in total. The SMILES string of the molecule is CS(=O)(=O)c1ccc(C(=O)N[C@H]2CCc3nccn3C2)cc1. The molecule has 22 heavy (non-hydrogen) atoms. The fraction of sp³-hybridized carbons (Fsp3) is 0.333. The fourth-order valence-corrected chi connectivity index (χ4v) is 3.24. The molecule has 1 aromatic heterocycles. The van der Waals surface area contributed by atoms with Gasteiger partial charge in [0.15, 0.2) is 9.84 Å². The van der Waals surface area contributed by atoms with Gasteiger partial charge < -0.3 is 9.88 Å². The normalized spacial score (nSPS) is 17.8. The van der Waals surface area contributed by atoms with Gasteiger partial charge in [0.2, 0.25) is 0 Å². The van der Waals surface area contributed by atoms with Gasteiger partial charge in [0, 0.05) is 43.2 Å². The van der Waals surface area contributed by atoms with Crippen molar-refractivity contribution < 1.29 is 13.2 Å². The van der Waals surface area contributed by atoms with Crippen LogP contribution in [0.15, 0.2) is 41.6 Å². The van der Waals surface area contributed by atoms with Crippen LogP contribution >= 0.6 is 0 Å². The molecule has 0 fully saturated rings. The molecule has 2 aromatic rings. The number of hydrogen-bond donors (Lipinski definition) is 1. The van der Waals surface area contributed by atoms with Crippen LogP contribution in [0, 0.1) is 0 Å². The number of aromatic nitrogens is 2. The minimum Gasteiger partial charge on any atom is -0.347 e. The Morgan fingerprint density at radius 3 is 2.73 bits per heavy atom. The van der Waals surface area contributed by atoms with Crippen LogP contribution in [0.3, 0.4) is 0 Å². The molecule has 7 heteroatoms. The van der Waals surface area contributed by atoms with Crippen molar-refractivity contribution in [1.29, 1.82) is 0 Å². The molecule has 0 unspecified atom stereocenters. The summed E-state index contributed by atoms with van der Waals surface area (Å²) >= 11 is 0. The number of amides is 1. The van der Waals surface area contributed by atoms with E-state index in [0.717, 1.165) is 24.9 Å². The summed E-state index contributed by atoms with van der Waals surface area (Å²) in [6, 6.07) is 6.05. The van der Waals surface area contributed by atoms with Gasteiger partial charge in [0.25, 0.3) is 5.91 Å². The zero-order chi connectivity index (χ0) is 15.7. The van der Waals surface area contributed by atoms with Gasteiger partial charge in [-0.05, 0) is 30.7 Å². The molecular formula is C15H17N3O3S. The lowest BCUT2D eigenvalue weighted by atomic mass is 10.1. The first kappa shape index (κ1) is 14.8. The molecule has 3 rings (SSSR count). The number of benzene rings is 1. The molecule has 1 aliphatic heterocycles.